The van der Waals surface area contributed by atoms with Gasteiger partial charge in [0.2, 0.25) is 15.9 Å². The molecule has 0 bridgehead atoms. The van der Waals surface area contributed by atoms with Crippen molar-refractivity contribution in [2.45, 2.75) is 68.7 Å². The minimum Gasteiger partial charge on any atom is -0.481 e. The van der Waals surface area contributed by atoms with E-state index in [-0.39, 0.29) is 30.0 Å². The zero-order valence-electron chi connectivity index (χ0n) is 25.9. The predicted molar refractivity (Wildman–Crippen MR) is 175 cm³/mol. The summed E-state index contributed by atoms with van der Waals surface area (Å²) in [5, 5.41) is 11.0. The van der Waals surface area contributed by atoms with Crippen molar-refractivity contribution < 1.29 is 27.9 Å². The van der Waals surface area contributed by atoms with E-state index in [4.69, 9.17) is 27.9 Å². The van der Waals surface area contributed by atoms with Gasteiger partial charge in [-0.05, 0) is 74.0 Å². The Kier molecular flexibility index (Phi) is 10.8. The number of carboxylic acids is 1. The van der Waals surface area contributed by atoms with Crippen LogP contribution in [0.4, 0.5) is 0 Å². The van der Waals surface area contributed by atoms with Crippen LogP contribution in [0.1, 0.15) is 68.5 Å². The summed E-state index contributed by atoms with van der Waals surface area (Å²) < 4.78 is 33.5. The number of amides is 1. The molecule has 246 valence electrons. The fourth-order valence-electron chi connectivity index (χ4n) is 7.06. The standard InChI is InChI=1S/C33H43Cl2N3O6S/c1-3-27(22-36(2)45(42,43)28-11-12-28)38-31(23-7-9-25(34)10-8-23)29(24-5-4-6-26(35)19-24)20-33(32(38)41,21-30(39)40)13-14-37-15-17-44-18-16-37/h4-10,19,27-29,31H,3,11-18,20-22H2,1-2H3,(H,39,40)/t27?,29-,31-,33-/m1/s1. The molecule has 3 fully saturated rings. The molecule has 2 saturated heterocycles. The smallest absolute Gasteiger partial charge is 0.304 e. The quantitative estimate of drug-likeness (QED) is 0.301. The lowest BCUT2D eigenvalue weighted by Crippen LogP contribution is -2.59. The molecule has 2 aliphatic heterocycles. The van der Waals surface area contributed by atoms with Crippen molar-refractivity contribution in [3.8, 4) is 0 Å². The number of hydrogen-bond donors (Lipinski definition) is 1. The summed E-state index contributed by atoms with van der Waals surface area (Å²) in [4.78, 5) is 31.7. The second kappa shape index (κ2) is 14.3. The Morgan fingerprint density at radius 1 is 1.09 bits per heavy atom. The predicted octanol–water partition coefficient (Wildman–Crippen LogP) is 5.44. The van der Waals surface area contributed by atoms with E-state index in [9.17, 15) is 18.3 Å². The number of carbonyl (C=O) groups excluding carboxylic acids is 1. The van der Waals surface area contributed by atoms with E-state index in [1.165, 1.54) is 4.31 Å². The van der Waals surface area contributed by atoms with Gasteiger partial charge < -0.3 is 14.7 Å². The molecule has 5 rings (SSSR count). The largest absolute Gasteiger partial charge is 0.481 e. The summed E-state index contributed by atoms with van der Waals surface area (Å²) in [5.41, 5.74) is 0.525. The van der Waals surface area contributed by atoms with Crippen LogP contribution in [0.3, 0.4) is 0 Å². The average molecular weight is 681 g/mol. The van der Waals surface area contributed by atoms with E-state index >= 15 is 4.79 Å². The highest BCUT2D eigenvalue weighted by molar-refractivity contribution is 7.90. The molecular weight excluding hydrogens is 637 g/mol. The van der Waals surface area contributed by atoms with Gasteiger partial charge in [-0.25, -0.2) is 12.7 Å². The zero-order chi connectivity index (χ0) is 32.4. The second-order valence-electron chi connectivity index (χ2n) is 12.7. The summed E-state index contributed by atoms with van der Waals surface area (Å²) in [6.07, 6.45) is 2.09. The van der Waals surface area contributed by atoms with Crippen LogP contribution >= 0.6 is 23.2 Å². The second-order valence-corrected chi connectivity index (χ2v) is 15.9. The van der Waals surface area contributed by atoms with E-state index in [2.05, 4.69) is 4.90 Å². The molecule has 3 aliphatic rings. The molecular formula is C33H43Cl2N3O6S. The van der Waals surface area contributed by atoms with Crippen molar-refractivity contribution in [2.24, 2.45) is 5.41 Å². The van der Waals surface area contributed by atoms with Gasteiger partial charge in [-0.1, -0.05) is 54.4 Å². The van der Waals surface area contributed by atoms with Gasteiger partial charge in [-0.2, -0.15) is 0 Å². The molecule has 12 heteroatoms. The summed E-state index contributed by atoms with van der Waals surface area (Å²) in [7, 11) is -1.93. The number of nitrogens with zero attached hydrogens (tertiary/aromatic N) is 3. The van der Waals surface area contributed by atoms with E-state index in [0.29, 0.717) is 75.0 Å². The van der Waals surface area contributed by atoms with Crippen LogP contribution in [0, 0.1) is 5.41 Å². The number of carbonyl (C=O) groups is 2. The number of carboxylic acid groups (broad SMARTS) is 1. The van der Waals surface area contributed by atoms with Crippen LogP contribution in [-0.4, -0.2) is 97.2 Å². The van der Waals surface area contributed by atoms with Crippen LogP contribution in [0.15, 0.2) is 48.5 Å². The molecule has 2 aromatic rings. The molecule has 0 spiro atoms. The number of benzene rings is 2. The fourth-order valence-corrected chi connectivity index (χ4v) is 9.01. The Hall–Kier alpha value is -2.21. The Balaban J connectivity index is 1.64. The zero-order valence-corrected chi connectivity index (χ0v) is 28.2. The topological polar surface area (TPSA) is 107 Å². The van der Waals surface area contributed by atoms with Crippen LogP contribution in [0.2, 0.25) is 10.0 Å². The summed E-state index contributed by atoms with van der Waals surface area (Å²) in [5.74, 6) is -1.60. The molecule has 1 amide bonds. The lowest BCUT2D eigenvalue weighted by atomic mass is 9.64. The molecule has 9 nitrogen and oxygen atoms in total. The first-order valence-electron chi connectivity index (χ1n) is 15.8. The summed E-state index contributed by atoms with van der Waals surface area (Å²) in [6.45, 7) is 5.23. The molecule has 1 N–H and O–H groups in total. The number of ether oxygens (including phenoxy) is 1. The minimum absolute atomic E-state index is 0.111. The van der Waals surface area contributed by atoms with E-state index in [1.807, 2.05) is 42.2 Å². The number of sulfonamides is 1. The van der Waals surface area contributed by atoms with E-state index in [0.717, 1.165) is 11.1 Å². The molecule has 1 aliphatic carbocycles. The molecule has 45 heavy (non-hydrogen) atoms. The number of likely N-dealkylation sites (N-methyl/N-ethyl adjacent to an activating group) is 1. The number of hydrogen-bond acceptors (Lipinski definition) is 6. The lowest BCUT2D eigenvalue weighted by Gasteiger charge is -2.53. The monoisotopic (exact) mass is 679 g/mol. The Morgan fingerprint density at radius 2 is 1.78 bits per heavy atom. The number of aliphatic carboxylic acids is 1. The SMILES string of the molecule is CCC(CN(C)S(=O)(=O)C1CC1)N1C(=O)[C@@](CCN2CCOCC2)(CC(=O)O)C[C@H](c2cccc(Cl)c2)[C@H]1c1ccc(Cl)cc1. The first kappa shape index (κ1) is 34.1. The molecule has 1 saturated carbocycles. The van der Waals surface area contributed by atoms with Crippen molar-refractivity contribution in [3.63, 3.8) is 0 Å². The van der Waals surface area contributed by atoms with Gasteiger partial charge in [0.1, 0.15) is 0 Å². The van der Waals surface area contributed by atoms with Gasteiger partial charge >= 0.3 is 5.97 Å². The van der Waals surface area contributed by atoms with Crippen molar-refractivity contribution in [2.75, 3.05) is 46.4 Å². The highest BCUT2D eigenvalue weighted by atomic mass is 35.5. The third kappa shape index (κ3) is 7.68. The third-order valence-electron chi connectivity index (χ3n) is 9.68. The molecule has 0 aromatic heterocycles. The highest BCUT2D eigenvalue weighted by Crippen LogP contribution is 2.54. The average Bonchev–Trinajstić information content (AvgIpc) is 3.87. The Bertz CT molecular complexity index is 1470. The molecule has 4 atom stereocenters. The normalized spacial score (nSPS) is 25.4. The third-order valence-corrected chi connectivity index (χ3v) is 12.5. The van der Waals surface area contributed by atoms with Gasteiger partial charge in [0.05, 0.1) is 36.3 Å². The molecule has 0 radical (unpaired) electrons. The van der Waals surface area contributed by atoms with Crippen LogP contribution in [0.5, 0.6) is 0 Å². The lowest BCUT2D eigenvalue weighted by molar-refractivity contribution is -0.163. The van der Waals surface area contributed by atoms with Crippen molar-refractivity contribution in [3.05, 3.63) is 69.7 Å². The molecule has 2 heterocycles. The van der Waals surface area contributed by atoms with Crippen molar-refractivity contribution in [1.29, 1.82) is 0 Å². The maximum absolute atomic E-state index is 15.1. The van der Waals surface area contributed by atoms with Gasteiger partial charge in [-0.3, -0.25) is 14.5 Å². The number of piperidine rings is 1. The number of rotatable bonds is 13. The van der Waals surface area contributed by atoms with Gasteiger partial charge in [0.15, 0.2) is 0 Å². The summed E-state index contributed by atoms with van der Waals surface area (Å²) >= 11 is 12.8. The number of halogens is 2. The Labute approximate surface area is 276 Å². The maximum Gasteiger partial charge on any atom is 0.304 e. The first-order chi connectivity index (χ1) is 21.4. The molecule has 1 unspecified atom stereocenters. The van der Waals surface area contributed by atoms with Gasteiger partial charge in [-0.15, -0.1) is 0 Å². The number of morpholine rings is 1. The van der Waals surface area contributed by atoms with Crippen molar-refractivity contribution >= 4 is 45.1 Å². The van der Waals surface area contributed by atoms with Crippen molar-refractivity contribution in [1.82, 2.24) is 14.1 Å². The van der Waals surface area contributed by atoms with E-state index < -0.39 is 33.5 Å². The number of likely N-dealkylation sites (tertiary alicyclic amines) is 1. The van der Waals surface area contributed by atoms with E-state index in [1.54, 1.807) is 25.2 Å². The highest BCUT2D eigenvalue weighted by Gasteiger charge is 2.55. The summed E-state index contributed by atoms with van der Waals surface area (Å²) in [6, 6.07) is 13.9. The van der Waals surface area contributed by atoms with Gasteiger partial charge in [0, 0.05) is 48.7 Å². The fraction of sp³-hybridized carbons (Fsp3) is 0.576. The van der Waals surface area contributed by atoms with Gasteiger partial charge in [0.25, 0.3) is 0 Å². The van der Waals surface area contributed by atoms with Crippen LogP contribution < -0.4 is 0 Å². The first-order valence-corrected chi connectivity index (χ1v) is 18.0. The van der Waals surface area contributed by atoms with Crippen LogP contribution in [-0.2, 0) is 24.3 Å². The van der Waals surface area contributed by atoms with Crippen LogP contribution in [0.25, 0.3) is 0 Å². The Morgan fingerprint density at radius 3 is 2.38 bits per heavy atom. The molecule has 2 aromatic carbocycles. The minimum atomic E-state index is -3.51. The maximum atomic E-state index is 15.1.